The molecule has 0 bridgehead atoms. The summed E-state index contributed by atoms with van der Waals surface area (Å²) < 4.78 is 32.6. The smallest absolute Gasteiger partial charge is 0.462 e. The van der Waals surface area contributed by atoms with Crippen molar-refractivity contribution in [1.82, 2.24) is 0 Å². The molecule has 0 saturated heterocycles. The molecule has 0 spiro atoms. The van der Waals surface area contributed by atoms with Gasteiger partial charge in [0.15, 0.2) is 6.10 Å². The topological polar surface area (TPSA) is 189 Å². The zero-order valence-electron chi connectivity index (χ0n) is 38.0. The Balaban J connectivity index is 4.60. The second-order valence-corrected chi connectivity index (χ2v) is 16.2. The highest BCUT2D eigenvalue weighted by Gasteiger charge is 2.27. The quantitative estimate of drug-likeness (QED) is 0.0129. The molecule has 63 heavy (non-hydrogen) atoms. The fraction of sp³-hybridized carbons (Fsp3) is 0.560. The van der Waals surface area contributed by atoms with E-state index in [2.05, 4.69) is 60.1 Å². The van der Waals surface area contributed by atoms with Gasteiger partial charge in [0, 0.05) is 12.8 Å². The van der Waals surface area contributed by atoms with Crippen LogP contribution in [-0.4, -0.2) is 88.1 Å². The van der Waals surface area contributed by atoms with E-state index in [0.717, 1.165) is 51.4 Å². The van der Waals surface area contributed by atoms with Crippen LogP contribution in [0.2, 0.25) is 0 Å². The molecule has 5 N–H and O–H groups in total. The van der Waals surface area contributed by atoms with Gasteiger partial charge in [-0.2, -0.15) is 0 Å². The summed E-state index contributed by atoms with van der Waals surface area (Å²) in [5, 5.41) is 38.3. The number of esters is 2. The highest BCUT2D eigenvalue weighted by molar-refractivity contribution is 7.47. The van der Waals surface area contributed by atoms with Gasteiger partial charge >= 0.3 is 19.8 Å². The number of hydrogen-bond acceptors (Lipinski definition) is 11. The Morgan fingerprint density at radius 2 is 1.14 bits per heavy atom. The Morgan fingerprint density at radius 3 is 1.78 bits per heavy atom. The Bertz CT molecular complexity index is 1490. The maximum absolute atomic E-state index is 12.6. The molecule has 0 aromatic heterocycles. The van der Waals surface area contributed by atoms with Gasteiger partial charge in [0.05, 0.1) is 32.0 Å². The molecule has 12 nitrogen and oxygen atoms in total. The number of allylic oxidation sites excluding steroid dienone is 16. The van der Waals surface area contributed by atoms with Crippen molar-refractivity contribution in [2.75, 3.05) is 26.4 Å². The first-order chi connectivity index (χ1) is 30.5. The largest absolute Gasteiger partial charge is 0.472 e. The Hall–Kier alpha value is -3.71. The molecule has 0 saturated carbocycles. The number of carbonyl (C=O) groups excluding carboxylic acids is 2. The van der Waals surface area contributed by atoms with Crippen LogP contribution in [0.4, 0.5) is 0 Å². The number of aliphatic hydroxyl groups is 4. The van der Waals surface area contributed by atoms with E-state index in [1.165, 1.54) is 19.3 Å². The van der Waals surface area contributed by atoms with Crippen LogP contribution in [-0.2, 0) is 32.7 Å². The highest BCUT2D eigenvalue weighted by Crippen LogP contribution is 2.43. The maximum Gasteiger partial charge on any atom is 0.472 e. The number of carbonyl (C=O) groups is 2. The SMILES string of the molecule is CC/C=C\C[C@@H](O)/C=C/C=C\C/C=C\C=C\[C@@H](O)/C=C\CCCC(=O)OC[C@H](COP(=O)(O)OC[C@@H](O)CO)OC(=O)CCCCC/C=C\C/C=C\C/C=C\C/C=C\CCCCC. The van der Waals surface area contributed by atoms with Crippen LogP contribution in [0.3, 0.4) is 0 Å². The van der Waals surface area contributed by atoms with Crippen molar-refractivity contribution < 1.29 is 58.0 Å². The predicted molar refractivity (Wildman–Crippen MR) is 254 cm³/mol. The van der Waals surface area contributed by atoms with Gasteiger partial charge in [-0.05, 0) is 83.5 Å². The normalized spacial score (nSPS) is 15.9. The molecule has 0 fully saturated rings. The van der Waals surface area contributed by atoms with Gasteiger partial charge in [0.1, 0.15) is 12.7 Å². The number of aliphatic hydroxyl groups excluding tert-OH is 4. The summed E-state index contributed by atoms with van der Waals surface area (Å²) in [6.07, 6.45) is 49.5. The van der Waals surface area contributed by atoms with Gasteiger partial charge in [-0.25, -0.2) is 4.57 Å². The molecule has 356 valence electrons. The molecule has 0 aromatic carbocycles. The first-order valence-corrected chi connectivity index (χ1v) is 24.2. The summed E-state index contributed by atoms with van der Waals surface area (Å²) in [5.74, 6) is -1.16. The predicted octanol–water partition coefficient (Wildman–Crippen LogP) is 10.3. The van der Waals surface area contributed by atoms with Crippen molar-refractivity contribution >= 4 is 19.8 Å². The lowest BCUT2D eigenvalue weighted by atomic mass is 10.1. The van der Waals surface area contributed by atoms with Crippen LogP contribution >= 0.6 is 7.82 Å². The molecular formula is C50H79O12P. The highest BCUT2D eigenvalue weighted by atomic mass is 31.2. The lowest BCUT2D eigenvalue weighted by Gasteiger charge is -2.20. The molecule has 1 unspecified atom stereocenters. The van der Waals surface area contributed by atoms with Crippen molar-refractivity contribution in [3.05, 3.63) is 122 Å². The minimum atomic E-state index is -4.69. The van der Waals surface area contributed by atoms with Crippen LogP contribution in [0.25, 0.3) is 0 Å². The average molecular weight is 903 g/mol. The summed E-state index contributed by atoms with van der Waals surface area (Å²) in [4.78, 5) is 35.0. The molecule has 0 aliphatic heterocycles. The third-order valence-electron chi connectivity index (χ3n) is 8.77. The van der Waals surface area contributed by atoms with E-state index < -0.39 is 70.6 Å². The van der Waals surface area contributed by atoms with Gasteiger partial charge in [0.2, 0.25) is 0 Å². The van der Waals surface area contributed by atoms with Gasteiger partial charge in [-0.15, -0.1) is 0 Å². The minimum Gasteiger partial charge on any atom is -0.462 e. The van der Waals surface area contributed by atoms with Crippen molar-refractivity contribution in [3.63, 3.8) is 0 Å². The maximum atomic E-state index is 12.6. The molecule has 5 atom stereocenters. The zero-order valence-corrected chi connectivity index (χ0v) is 38.8. The lowest BCUT2D eigenvalue weighted by Crippen LogP contribution is -2.29. The van der Waals surface area contributed by atoms with Gasteiger partial charge in [-0.3, -0.25) is 18.6 Å². The second kappa shape index (κ2) is 43.5. The molecule has 13 heteroatoms. The van der Waals surface area contributed by atoms with Crippen LogP contribution < -0.4 is 0 Å². The third kappa shape index (κ3) is 43.3. The monoisotopic (exact) mass is 903 g/mol. The van der Waals surface area contributed by atoms with E-state index in [9.17, 15) is 34.4 Å². The number of unbranched alkanes of at least 4 members (excludes halogenated alkanes) is 7. The van der Waals surface area contributed by atoms with E-state index in [4.69, 9.17) is 19.1 Å². The van der Waals surface area contributed by atoms with Crippen LogP contribution in [0, 0.1) is 0 Å². The summed E-state index contributed by atoms with van der Waals surface area (Å²) in [7, 11) is -4.69. The molecule has 0 aliphatic carbocycles. The lowest BCUT2D eigenvalue weighted by molar-refractivity contribution is -0.161. The van der Waals surface area contributed by atoms with Crippen molar-refractivity contribution in [1.29, 1.82) is 0 Å². The average Bonchev–Trinajstić information content (AvgIpc) is 3.26. The fourth-order valence-electron chi connectivity index (χ4n) is 5.24. The summed E-state index contributed by atoms with van der Waals surface area (Å²) in [6, 6.07) is 0. The van der Waals surface area contributed by atoms with Gasteiger partial charge < -0.3 is 34.8 Å². The van der Waals surface area contributed by atoms with E-state index >= 15 is 0 Å². The van der Waals surface area contributed by atoms with E-state index in [0.29, 0.717) is 32.1 Å². The van der Waals surface area contributed by atoms with Crippen molar-refractivity contribution in [3.8, 4) is 0 Å². The molecular weight excluding hydrogens is 824 g/mol. The molecule has 0 aliphatic rings. The third-order valence-corrected chi connectivity index (χ3v) is 9.73. The van der Waals surface area contributed by atoms with E-state index in [1.807, 2.05) is 49.5 Å². The molecule has 0 heterocycles. The number of rotatable bonds is 40. The zero-order chi connectivity index (χ0) is 46.5. The minimum absolute atomic E-state index is 0.0399. The molecule has 0 aromatic rings. The van der Waals surface area contributed by atoms with Crippen LogP contribution in [0.5, 0.6) is 0 Å². The van der Waals surface area contributed by atoms with Gasteiger partial charge in [-0.1, -0.05) is 155 Å². The number of hydrogen-bond donors (Lipinski definition) is 5. The Labute approximate surface area is 378 Å². The van der Waals surface area contributed by atoms with Crippen molar-refractivity contribution in [2.45, 2.75) is 154 Å². The second-order valence-electron chi connectivity index (χ2n) is 14.7. The number of phosphoric ester groups is 1. The Morgan fingerprint density at radius 1 is 0.571 bits per heavy atom. The first-order valence-electron chi connectivity index (χ1n) is 22.7. The molecule has 0 radical (unpaired) electrons. The fourth-order valence-corrected chi connectivity index (χ4v) is 6.03. The van der Waals surface area contributed by atoms with Gasteiger partial charge in [0.25, 0.3) is 0 Å². The summed E-state index contributed by atoms with van der Waals surface area (Å²) >= 11 is 0. The number of ether oxygens (including phenoxy) is 2. The van der Waals surface area contributed by atoms with E-state index in [1.54, 1.807) is 30.4 Å². The van der Waals surface area contributed by atoms with Crippen LogP contribution in [0.15, 0.2) is 122 Å². The number of phosphoric acid groups is 1. The van der Waals surface area contributed by atoms with Crippen molar-refractivity contribution in [2.24, 2.45) is 0 Å². The standard InChI is InChI=1S/C50H79O12P/c1-3-5-7-8-9-10-11-12-13-14-15-16-17-18-19-20-24-27-33-40-50(56)62-48(44-61-63(57,58)60-42-47(54)41-51)43-59-49(55)39-34-28-32-38-46(53)37-31-26-23-21-22-25-30-36-45(52)35-29-6-4-2/h6,9-10,12-13,15-16,18-19,22-23,25-26,29-32,36-38,45-48,51-54H,3-5,7-8,11,14,17,20-21,24,27-28,33-35,39-44H2,1-2H3,(H,57,58)/b10-9-,13-12-,16-15-,19-18-,25-22-,26-23-,29-6-,36-30+,37-31+,38-32-/t45-,46-,47+,48-/m1/s1. The molecule has 0 amide bonds. The van der Waals surface area contributed by atoms with E-state index in [-0.39, 0.29) is 12.8 Å². The molecule has 0 rings (SSSR count). The summed E-state index contributed by atoms with van der Waals surface area (Å²) in [6.45, 7) is 1.88. The summed E-state index contributed by atoms with van der Waals surface area (Å²) in [5.41, 5.74) is 0. The first kappa shape index (κ1) is 59.3. The van der Waals surface area contributed by atoms with Crippen LogP contribution in [0.1, 0.15) is 129 Å². The Kier molecular flexibility index (Phi) is 41.0.